The number of fused-ring (bicyclic) bond motifs is 5. The highest BCUT2D eigenvalue weighted by molar-refractivity contribution is 6.07. The Balaban J connectivity index is 1.43. The predicted molar refractivity (Wildman–Crippen MR) is 104 cm³/mol. The summed E-state index contributed by atoms with van der Waals surface area (Å²) in [5, 5.41) is 2.75. The summed E-state index contributed by atoms with van der Waals surface area (Å²) in [6, 6.07) is 5.34. The highest BCUT2D eigenvalue weighted by Crippen LogP contribution is 2.53. The molecule has 4 rings (SSSR count). The number of methoxy groups -OCH3 is 1. The minimum atomic E-state index is -0.987. The number of carbonyl (C=O) groups excluding carboxylic acids is 4. The van der Waals surface area contributed by atoms with E-state index in [4.69, 9.17) is 4.74 Å². The molecule has 2 saturated heterocycles. The van der Waals surface area contributed by atoms with Gasteiger partial charge in [0.2, 0.25) is 17.7 Å². The van der Waals surface area contributed by atoms with Gasteiger partial charge in [0, 0.05) is 18.7 Å². The van der Waals surface area contributed by atoms with Crippen LogP contribution in [0, 0.1) is 18.8 Å². The summed E-state index contributed by atoms with van der Waals surface area (Å²) in [6.07, 6.45) is 3.42. The molecule has 0 unspecified atom stereocenters. The molecule has 9 nitrogen and oxygen atoms in total. The van der Waals surface area contributed by atoms with Gasteiger partial charge in [-0.05, 0) is 25.5 Å². The van der Waals surface area contributed by atoms with E-state index >= 15 is 0 Å². The van der Waals surface area contributed by atoms with Crippen LogP contribution in [0.25, 0.3) is 0 Å². The van der Waals surface area contributed by atoms with Crippen molar-refractivity contribution in [2.45, 2.75) is 37.9 Å². The number of rotatable bonds is 7. The van der Waals surface area contributed by atoms with Gasteiger partial charge in [-0.25, -0.2) is 4.98 Å². The molecule has 1 N–H and O–H groups in total. The third-order valence-electron chi connectivity index (χ3n) is 5.91. The molecule has 2 fully saturated rings. The molecule has 3 aliphatic heterocycles. The Morgan fingerprint density at radius 2 is 2.07 bits per heavy atom. The van der Waals surface area contributed by atoms with E-state index in [1.165, 1.54) is 7.11 Å². The van der Waals surface area contributed by atoms with Crippen LogP contribution in [0.15, 0.2) is 30.4 Å². The summed E-state index contributed by atoms with van der Waals surface area (Å²) < 4.78 is 10.6. The fraction of sp³-hybridized carbons (Fsp3) is 0.476. The monoisotopic (exact) mass is 413 g/mol. The summed E-state index contributed by atoms with van der Waals surface area (Å²) in [4.78, 5) is 55.0. The second-order valence-electron chi connectivity index (χ2n) is 7.77. The number of anilines is 1. The van der Waals surface area contributed by atoms with Crippen LogP contribution in [0.1, 0.15) is 25.0 Å². The Labute approximate surface area is 173 Å². The second kappa shape index (κ2) is 7.64. The first-order valence-electron chi connectivity index (χ1n) is 9.87. The van der Waals surface area contributed by atoms with E-state index in [-0.39, 0.29) is 43.5 Å². The Hall–Kier alpha value is -3.07. The van der Waals surface area contributed by atoms with Crippen LogP contribution < -0.4 is 5.32 Å². The van der Waals surface area contributed by atoms with Gasteiger partial charge in [0.05, 0.1) is 31.5 Å². The van der Waals surface area contributed by atoms with Gasteiger partial charge in [-0.1, -0.05) is 18.2 Å². The van der Waals surface area contributed by atoms with Crippen LogP contribution in [0.5, 0.6) is 0 Å². The lowest BCUT2D eigenvalue weighted by Crippen LogP contribution is -2.41. The number of nitrogens with one attached hydrogen (secondary N) is 1. The van der Waals surface area contributed by atoms with Gasteiger partial charge >= 0.3 is 5.97 Å². The topological polar surface area (TPSA) is 115 Å². The van der Waals surface area contributed by atoms with Crippen molar-refractivity contribution in [2.75, 3.05) is 19.0 Å². The maximum Gasteiger partial charge on any atom is 0.307 e. The number of imide groups is 1. The molecule has 0 radical (unpaired) electrons. The quantitative estimate of drug-likeness (QED) is 0.402. The zero-order valence-electron chi connectivity index (χ0n) is 16.8. The van der Waals surface area contributed by atoms with Crippen LogP contribution in [0.3, 0.4) is 0 Å². The standard InChI is InChI=1S/C21H23N3O6/c1-12-4-3-5-14(22-12)23-15(25)7-10-21-9-6-13(30-21)17-18(21)20(28)24(19(17)27)11-8-16(26)29-2/h3-6,9,13,17-18H,7-8,10-11H2,1-2H3,(H,22,23,25)/t13-,17+,18-,21-/m0/s1. The fourth-order valence-corrected chi connectivity index (χ4v) is 4.51. The highest BCUT2D eigenvalue weighted by Gasteiger charge is 2.67. The Kier molecular flexibility index (Phi) is 5.15. The van der Waals surface area contributed by atoms with E-state index in [1.807, 2.05) is 13.0 Å². The minimum absolute atomic E-state index is 0.0142. The highest BCUT2D eigenvalue weighted by atomic mass is 16.5. The average Bonchev–Trinajstić information content (AvgIpc) is 3.36. The molecule has 3 aliphatic rings. The number of ether oxygens (including phenoxy) is 2. The normalized spacial score (nSPS) is 28.7. The van der Waals surface area contributed by atoms with Crippen molar-refractivity contribution in [1.29, 1.82) is 0 Å². The molecule has 30 heavy (non-hydrogen) atoms. The summed E-state index contributed by atoms with van der Waals surface area (Å²) in [6.45, 7) is 1.82. The van der Waals surface area contributed by atoms with Crippen molar-refractivity contribution in [3.63, 3.8) is 0 Å². The first-order valence-corrected chi connectivity index (χ1v) is 9.87. The van der Waals surface area contributed by atoms with Gasteiger partial charge in [-0.15, -0.1) is 0 Å². The largest absolute Gasteiger partial charge is 0.469 e. The Morgan fingerprint density at radius 1 is 1.27 bits per heavy atom. The summed E-state index contributed by atoms with van der Waals surface area (Å²) in [5.41, 5.74) is -0.198. The van der Waals surface area contributed by atoms with Gasteiger partial charge in [0.1, 0.15) is 11.4 Å². The molecule has 3 amide bonds. The van der Waals surface area contributed by atoms with E-state index in [2.05, 4.69) is 15.0 Å². The number of aromatic nitrogens is 1. The van der Waals surface area contributed by atoms with Crippen molar-refractivity contribution < 1.29 is 28.7 Å². The van der Waals surface area contributed by atoms with Gasteiger partial charge in [0.15, 0.2) is 0 Å². The third-order valence-corrected chi connectivity index (χ3v) is 5.91. The maximum atomic E-state index is 13.0. The molecule has 4 heterocycles. The number of likely N-dealkylation sites (tertiary alicyclic amines) is 1. The summed E-state index contributed by atoms with van der Waals surface area (Å²) in [5.74, 6) is -2.25. The van der Waals surface area contributed by atoms with Crippen molar-refractivity contribution in [2.24, 2.45) is 11.8 Å². The minimum Gasteiger partial charge on any atom is -0.469 e. The number of nitrogens with zero attached hydrogens (tertiary/aromatic N) is 2. The first kappa shape index (κ1) is 20.2. The van der Waals surface area contributed by atoms with Crippen molar-refractivity contribution in [3.05, 3.63) is 36.0 Å². The predicted octanol–water partition coefficient (Wildman–Crippen LogP) is 0.980. The van der Waals surface area contributed by atoms with Crippen LogP contribution in [0.2, 0.25) is 0 Å². The molecule has 1 aromatic rings. The van der Waals surface area contributed by atoms with Crippen LogP contribution in [-0.2, 0) is 28.7 Å². The van der Waals surface area contributed by atoms with Crippen LogP contribution >= 0.6 is 0 Å². The fourth-order valence-electron chi connectivity index (χ4n) is 4.51. The smallest absolute Gasteiger partial charge is 0.307 e. The lowest BCUT2D eigenvalue weighted by molar-refractivity contribution is -0.146. The molecular formula is C21H23N3O6. The number of carbonyl (C=O) groups is 4. The molecule has 158 valence electrons. The Bertz CT molecular complexity index is 944. The molecule has 0 spiro atoms. The molecule has 0 aliphatic carbocycles. The molecule has 9 heteroatoms. The number of pyridine rings is 1. The van der Waals surface area contributed by atoms with Crippen molar-refractivity contribution in [1.82, 2.24) is 9.88 Å². The summed E-state index contributed by atoms with van der Waals surface area (Å²) in [7, 11) is 1.26. The van der Waals surface area contributed by atoms with E-state index in [9.17, 15) is 19.2 Å². The Morgan fingerprint density at radius 3 is 2.80 bits per heavy atom. The number of amides is 3. The molecule has 0 aromatic carbocycles. The van der Waals surface area contributed by atoms with E-state index in [1.54, 1.807) is 24.3 Å². The van der Waals surface area contributed by atoms with Gasteiger partial charge in [-0.2, -0.15) is 0 Å². The second-order valence-corrected chi connectivity index (χ2v) is 7.77. The SMILES string of the molecule is COC(=O)CCN1C(=O)[C@@H]2[C@@H]3C=C[C@@](CCC(=O)Nc4cccc(C)n4)(O3)[C@@H]2C1=O. The number of hydrogen-bond donors (Lipinski definition) is 1. The van der Waals surface area contributed by atoms with Gasteiger partial charge in [0.25, 0.3) is 0 Å². The number of hydrogen-bond acceptors (Lipinski definition) is 7. The molecule has 2 bridgehead atoms. The number of esters is 1. The zero-order valence-corrected chi connectivity index (χ0v) is 16.8. The van der Waals surface area contributed by atoms with Crippen molar-refractivity contribution >= 4 is 29.5 Å². The third kappa shape index (κ3) is 3.39. The van der Waals surface area contributed by atoms with Gasteiger partial charge < -0.3 is 14.8 Å². The van der Waals surface area contributed by atoms with Gasteiger partial charge in [-0.3, -0.25) is 24.1 Å². The molecule has 4 atom stereocenters. The average molecular weight is 413 g/mol. The molecular weight excluding hydrogens is 390 g/mol. The molecule has 0 saturated carbocycles. The lowest BCUT2D eigenvalue weighted by atomic mass is 9.75. The van der Waals surface area contributed by atoms with E-state index in [0.29, 0.717) is 5.82 Å². The van der Waals surface area contributed by atoms with Crippen LogP contribution in [0.4, 0.5) is 5.82 Å². The summed E-state index contributed by atoms with van der Waals surface area (Å²) >= 11 is 0. The van der Waals surface area contributed by atoms with E-state index < -0.39 is 29.5 Å². The first-order chi connectivity index (χ1) is 14.3. The number of aryl methyl sites for hydroxylation is 1. The van der Waals surface area contributed by atoms with Crippen molar-refractivity contribution in [3.8, 4) is 0 Å². The maximum absolute atomic E-state index is 13.0. The van der Waals surface area contributed by atoms with Crippen LogP contribution in [-0.4, -0.2) is 58.9 Å². The lowest BCUT2D eigenvalue weighted by Gasteiger charge is -2.28. The molecule has 1 aromatic heterocycles. The van der Waals surface area contributed by atoms with E-state index in [0.717, 1.165) is 10.6 Å². The zero-order chi connectivity index (χ0) is 21.5.